The molecule has 6 nitrogen and oxygen atoms in total. The summed E-state index contributed by atoms with van der Waals surface area (Å²) in [6.07, 6.45) is 0. The lowest BCUT2D eigenvalue weighted by atomic mass is 10.1. The van der Waals surface area contributed by atoms with Crippen molar-refractivity contribution in [2.24, 2.45) is 11.5 Å². The molecule has 0 saturated heterocycles. The van der Waals surface area contributed by atoms with Gasteiger partial charge in [-0.3, -0.25) is 10.8 Å². The second kappa shape index (κ2) is 6.29. The molecule has 24 heavy (non-hydrogen) atoms. The molecule has 0 aliphatic rings. The molecule has 118 valence electrons. The third kappa shape index (κ3) is 3.12. The van der Waals surface area contributed by atoms with Gasteiger partial charge < -0.3 is 11.5 Å². The fourth-order valence-electron chi connectivity index (χ4n) is 2.28. The number of nitrogens with zero attached hydrogens (tertiary/aromatic N) is 2. The van der Waals surface area contributed by atoms with Crippen LogP contribution in [-0.4, -0.2) is 21.9 Å². The van der Waals surface area contributed by atoms with Crippen LogP contribution in [0.15, 0.2) is 60.7 Å². The summed E-state index contributed by atoms with van der Waals surface area (Å²) in [5.74, 6) is 0.0778. The lowest BCUT2D eigenvalue weighted by molar-refractivity contribution is 1.04. The molecular weight excluding hydrogens is 300 g/mol. The molecule has 6 heteroatoms. The van der Waals surface area contributed by atoms with Gasteiger partial charge in [-0.15, -0.1) is 10.2 Å². The van der Waals surface area contributed by atoms with E-state index in [2.05, 4.69) is 10.2 Å². The molecule has 2 aromatic carbocycles. The van der Waals surface area contributed by atoms with Crippen LogP contribution in [0, 0.1) is 10.8 Å². The van der Waals surface area contributed by atoms with Crippen molar-refractivity contribution in [1.29, 1.82) is 10.8 Å². The molecule has 0 aliphatic carbocycles. The third-order valence-electron chi connectivity index (χ3n) is 3.65. The van der Waals surface area contributed by atoms with Crippen LogP contribution in [0.5, 0.6) is 0 Å². The summed E-state index contributed by atoms with van der Waals surface area (Å²) in [4.78, 5) is 0. The van der Waals surface area contributed by atoms with Gasteiger partial charge in [0.1, 0.15) is 11.7 Å². The molecule has 0 bridgehead atoms. The Bertz CT molecular complexity index is 804. The highest BCUT2D eigenvalue weighted by Gasteiger charge is 2.05. The summed E-state index contributed by atoms with van der Waals surface area (Å²) >= 11 is 0. The second-order valence-electron chi connectivity index (χ2n) is 5.29. The van der Waals surface area contributed by atoms with Crippen molar-refractivity contribution in [3.8, 4) is 22.5 Å². The first-order chi connectivity index (χ1) is 11.5. The summed E-state index contributed by atoms with van der Waals surface area (Å²) < 4.78 is 0. The molecule has 0 atom stereocenters. The van der Waals surface area contributed by atoms with Crippen LogP contribution in [-0.2, 0) is 0 Å². The lowest BCUT2D eigenvalue weighted by Crippen LogP contribution is -2.10. The minimum Gasteiger partial charge on any atom is -0.384 e. The van der Waals surface area contributed by atoms with Crippen LogP contribution in [0.4, 0.5) is 0 Å². The van der Waals surface area contributed by atoms with Gasteiger partial charge in [-0.05, 0) is 12.1 Å². The summed E-state index contributed by atoms with van der Waals surface area (Å²) in [7, 11) is 0. The summed E-state index contributed by atoms with van der Waals surface area (Å²) in [6.45, 7) is 0. The van der Waals surface area contributed by atoms with E-state index in [4.69, 9.17) is 22.3 Å². The number of amidine groups is 2. The van der Waals surface area contributed by atoms with Crippen LogP contribution in [0.2, 0.25) is 0 Å². The zero-order valence-electron chi connectivity index (χ0n) is 12.8. The van der Waals surface area contributed by atoms with Crippen molar-refractivity contribution >= 4 is 11.7 Å². The van der Waals surface area contributed by atoms with Crippen molar-refractivity contribution in [3.05, 3.63) is 71.8 Å². The Hall–Kier alpha value is -3.54. The van der Waals surface area contributed by atoms with E-state index < -0.39 is 0 Å². The Kier molecular flexibility index (Phi) is 4.03. The first-order valence-electron chi connectivity index (χ1n) is 7.28. The molecule has 0 fully saturated rings. The molecule has 6 N–H and O–H groups in total. The van der Waals surface area contributed by atoms with E-state index in [0.717, 1.165) is 22.5 Å². The second-order valence-corrected chi connectivity index (χ2v) is 5.29. The van der Waals surface area contributed by atoms with Crippen molar-refractivity contribution in [2.75, 3.05) is 0 Å². The number of benzene rings is 2. The van der Waals surface area contributed by atoms with Crippen molar-refractivity contribution in [2.45, 2.75) is 0 Å². The van der Waals surface area contributed by atoms with E-state index in [-0.39, 0.29) is 11.7 Å². The maximum atomic E-state index is 7.40. The van der Waals surface area contributed by atoms with E-state index >= 15 is 0 Å². The SMILES string of the molecule is N=C(N)c1ccc(-c2ccc(-c3ccc(C(=N)N)cc3)nn2)cc1. The summed E-state index contributed by atoms with van der Waals surface area (Å²) in [5.41, 5.74) is 15.6. The van der Waals surface area contributed by atoms with Crippen molar-refractivity contribution < 1.29 is 0 Å². The predicted octanol–water partition coefficient (Wildman–Crippen LogP) is 2.38. The van der Waals surface area contributed by atoms with Crippen molar-refractivity contribution in [1.82, 2.24) is 10.2 Å². The van der Waals surface area contributed by atoms with E-state index in [1.54, 1.807) is 24.3 Å². The van der Waals surface area contributed by atoms with Crippen LogP contribution >= 0.6 is 0 Å². The topological polar surface area (TPSA) is 126 Å². The quantitative estimate of drug-likeness (QED) is 0.435. The molecule has 0 spiro atoms. The minimum absolute atomic E-state index is 0.0389. The number of nitrogen functional groups attached to an aromatic ring is 2. The van der Waals surface area contributed by atoms with Gasteiger partial charge in [0, 0.05) is 22.3 Å². The number of hydrogen-bond acceptors (Lipinski definition) is 4. The van der Waals surface area contributed by atoms with Gasteiger partial charge >= 0.3 is 0 Å². The van der Waals surface area contributed by atoms with Crippen LogP contribution in [0.1, 0.15) is 11.1 Å². The molecule has 3 rings (SSSR count). The van der Waals surface area contributed by atoms with Gasteiger partial charge in [0.25, 0.3) is 0 Å². The molecule has 0 radical (unpaired) electrons. The largest absolute Gasteiger partial charge is 0.384 e. The molecule has 0 aliphatic heterocycles. The van der Waals surface area contributed by atoms with Gasteiger partial charge in [0.2, 0.25) is 0 Å². The van der Waals surface area contributed by atoms with Crippen LogP contribution in [0.3, 0.4) is 0 Å². The highest BCUT2D eigenvalue weighted by atomic mass is 15.1. The van der Waals surface area contributed by atoms with Gasteiger partial charge in [0.15, 0.2) is 0 Å². The molecule has 0 saturated carbocycles. The Morgan fingerprint density at radius 2 is 0.917 bits per heavy atom. The zero-order chi connectivity index (χ0) is 17.1. The van der Waals surface area contributed by atoms with E-state index in [9.17, 15) is 0 Å². The Morgan fingerprint density at radius 1 is 0.583 bits per heavy atom. The first kappa shape index (κ1) is 15.4. The molecule has 1 aromatic heterocycles. The molecular formula is C18H16N6. The van der Waals surface area contributed by atoms with Crippen molar-refractivity contribution in [3.63, 3.8) is 0 Å². The average molecular weight is 316 g/mol. The number of nitrogens with two attached hydrogens (primary N) is 2. The summed E-state index contributed by atoms with van der Waals surface area (Å²) in [6, 6.07) is 18.4. The van der Waals surface area contributed by atoms with E-state index in [1.165, 1.54) is 0 Å². The average Bonchev–Trinajstić information content (AvgIpc) is 2.62. The van der Waals surface area contributed by atoms with Gasteiger partial charge in [0.05, 0.1) is 11.4 Å². The monoisotopic (exact) mass is 316 g/mol. The molecule has 3 aromatic rings. The fourth-order valence-corrected chi connectivity index (χ4v) is 2.28. The maximum absolute atomic E-state index is 7.40. The Balaban J connectivity index is 1.84. The maximum Gasteiger partial charge on any atom is 0.122 e. The molecule has 0 amide bonds. The first-order valence-corrected chi connectivity index (χ1v) is 7.28. The minimum atomic E-state index is 0.0389. The summed E-state index contributed by atoms with van der Waals surface area (Å²) in [5, 5.41) is 23.3. The predicted molar refractivity (Wildman–Crippen MR) is 94.9 cm³/mol. The number of rotatable bonds is 4. The van der Waals surface area contributed by atoms with Crippen LogP contribution < -0.4 is 11.5 Å². The lowest BCUT2D eigenvalue weighted by Gasteiger charge is -2.05. The third-order valence-corrected chi connectivity index (χ3v) is 3.65. The van der Waals surface area contributed by atoms with E-state index in [0.29, 0.717) is 11.1 Å². The normalized spacial score (nSPS) is 10.3. The van der Waals surface area contributed by atoms with Crippen LogP contribution in [0.25, 0.3) is 22.5 Å². The highest BCUT2D eigenvalue weighted by Crippen LogP contribution is 2.21. The van der Waals surface area contributed by atoms with Gasteiger partial charge in [-0.25, -0.2) is 0 Å². The standard InChI is InChI=1S/C18H16N6/c19-17(20)13-5-1-11(2-6-13)15-9-10-16(24-23-15)12-3-7-14(8-4-12)18(21)22/h1-10H,(H3,19,20)(H3,21,22). The Labute approximate surface area is 139 Å². The smallest absolute Gasteiger partial charge is 0.122 e. The van der Waals surface area contributed by atoms with Gasteiger partial charge in [-0.1, -0.05) is 48.5 Å². The number of aromatic nitrogens is 2. The molecule has 1 heterocycles. The van der Waals surface area contributed by atoms with E-state index in [1.807, 2.05) is 36.4 Å². The molecule has 0 unspecified atom stereocenters. The highest BCUT2D eigenvalue weighted by molar-refractivity contribution is 5.95. The zero-order valence-corrected chi connectivity index (χ0v) is 12.8. The van der Waals surface area contributed by atoms with Gasteiger partial charge in [-0.2, -0.15) is 0 Å². The number of nitrogens with one attached hydrogen (secondary N) is 2. The number of hydrogen-bond donors (Lipinski definition) is 4. The fraction of sp³-hybridized carbons (Fsp3) is 0. The Morgan fingerprint density at radius 3 is 1.17 bits per heavy atom.